The highest BCUT2D eigenvalue weighted by atomic mass is 35.5. The average molecular weight is 502 g/mol. The molecule has 2 saturated heterocycles. The van der Waals surface area contributed by atoms with Gasteiger partial charge in [-0.25, -0.2) is 0 Å². The fourth-order valence-corrected chi connectivity index (χ4v) is 6.30. The molecule has 2 aromatic rings. The Kier molecular flexibility index (Phi) is 8.09. The fraction of sp³-hybridized carbons (Fsp3) is 0.500. The molecule has 3 heterocycles. The van der Waals surface area contributed by atoms with Gasteiger partial charge >= 0.3 is 5.97 Å². The normalized spacial score (nSPS) is 22.0. The molecule has 8 heteroatoms. The van der Waals surface area contributed by atoms with Crippen LogP contribution in [0.2, 0.25) is 5.02 Å². The van der Waals surface area contributed by atoms with Crippen molar-refractivity contribution in [3.05, 3.63) is 58.6 Å². The first-order valence-electron chi connectivity index (χ1n) is 12.1. The molecule has 182 valence electrons. The maximum atomic E-state index is 12.1. The standard InChI is InChI=1S/C26H32ClN3O3S/c27-21-5-6-24-20(17-21)18-23(22-3-1-2-4-25(22)34-24)30-9-7-28(8-10-30)13-16-33-26(31)19-29-11-14-32-15-12-29/h1-6,17,23H,7-16,18-19H2. The van der Waals surface area contributed by atoms with Crippen molar-refractivity contribution in [1.29, 1.82) is 0 Å². The third kappa shape index (κ3) is 5.96. The number of piperazine rings is 1. The van der Waals surface area contributed by atoms with Gasteiger partial charge in [0.05, 0.1) is 19.8 Å². The number of ether oxygens (including phenoxy) is 2. The Balaban J connectivity index is 1.14. The van der Waals surface area contributed by atoms with Gasteiger partial charge in [-0.2, -0.15) is 0 Å². The number of fused-ring (bicyclic) bond motifs is 2. The lowest BCUT2D eigenvalue weighted by Crippen LogP contribution is -2.49. The molecule has 1 unspecified atom stereocenters. The van der Waals surface area contributed by atoms with E-state index in [9.17, 15) is 4.79 Å². The molecular weight excluding hydrogens is 470 g/mol. The zero-order chi connectivity index (χ0) is 23.3. The molecular formula is C26H32ClN3O3S. The Morgan fingerprint density at radius 3 is 2.62 bits per heavy atom. The van der Waals surface area contributed by atoms with Crippen LogP contribution < -0.4 is 0 Å². The summed E-state index contributed by atoms with van der Waals surface area (Å²) in [7, 11) is 0. The molecule has 0 aromatic heterocycles. The van der Waals surface area contributed by atoms with Gasteiger partial charge in [-0.1, -0.05) is 41.6 Å². The van der Waals surface area contributed by atoms with E-state index >= 15 is 0 Å². The Labute approximate surface area is 211 Å². The van der Waals surface area contributed by atoms with E-state index in [1.165, 1.54) is 20.9 Å². The molecule has 34 heavy (non-hydrogen) atoms. The van der Waals surface area contributed by atoms with Crippen molar-refractivity contribution in [2.24, 2.45) is 0 Å². The van der Waals surface area contributed by atoms with Gasteiger partial charge in [0.25, 0.3) is 0 Å². The van der Waals surface area contributed by atoms with E-state index in [1.54, 1.807) is 0 Å². The average Bonchev–Trinajstić information content (AvgIpc) is 3.02. The van der Waals surface area contributed by atoms with Crippen molar-refractivity contribution in [3.8, 4) is 0 Å². The molecule has 3 aliphatic rings. The second-order valence-corrected chi connectivity index (χ2v) is 10.6. The van der Waals surface area contributed by atoms with Crippen LogP contribution in [0.5, 0.6) is 0 Å². The summed E-state index contributed by atoms with van der Waals surface area (Å²) >= 11 is 8.20. The van der Waals surface area contributed by atoms with Gasteiger partial charge in [-0.15, -0.1) is 0 Å². The van der Waals surface area contributed by atoms with Crippen LogP contribution in [0.3, 0.4) is 0 Å². The molecule has 5 rings (SSSR count). The first-order chi connectivity index (χ1) is 16.7. The van der Waals surface area contributed by atoms with Crippen molar-refractivity contribution < 1.29 is 14.3 Å². The first kappa shape index (κ1) is 24.1. The quantitative estimate of drug-likeness (QED) is 0.560. The van der Waals surface area contributed by atoms with Crippen LogP contribution in [-0.2, 0) is 20.7 Å². The largest absolute Gasteiger partial charge is 0.463 e. The summed E-state index contributed by atoms with van der Waals surface area (Å²) in [5, 5.41) is 0.803. The molecule has 0 N–H and O–H groups in total. The van der Waals surface area contributed by atoms with Crippen LogP contribution in [0.15, 0.2) is 52.3 Å². The molecule has 2 fully saturated rings. The zero-order valence-electron chi connectivity index (χ0n) is 19.5. The highest BCUT2D eigenvalue weighted by Crippen LogP contribution is 2.43. The zero-order valence-corrected chi connectivity index (χ0v) is 21.0. The smallest absolute Gasteiger partial charge is 0.320 e. The molecule has 0 bridgehead atoms. The lowest BCUT2D eigenvalue weighted by atomic mass is 9.96. The lowest BCUT2D eigenvalue weighted by molar-refractivity contribution is -0.146. The van der Waals surface area contributed by atoms with Crippen LogP contribution >= 0.6 is 23.4 Å². The van der Waals surface area contributed by atoms with E-state index in [2.05, 4.69) is 51.1 Å². The van der Waals surface area contributed by atoms with E-state index in [-0.39, 0.29) is 5.97 Å². The maximum Gasteiger partial charge on any atom is 0.320 e. The molecule has 0 spiro atoms. The number of benzene rings is 2. The number of carbonyl (C=O) groups is 1. The lowest BCUT2D eigenvalue weighted by Gasteiger charge is -2.39. The SMILES string of the molecule is O=C(CN1CCOCC1)OCCN1CCN(C2Cc3cc(Cl)ccc3Sc3ccccc32)CC1. The van der Waals surface area contributed by atoms with Crippen molar-refractivity contribution >= 4 is 29.3 Å². The van der Waals surface area contributed by atoms with Crippen LogP contribution in [0.25, 0.3) is 0 Å². The predicted octanol–water partition coefficient (Wildman–Crippen LogP) is 3.58. The molecule has 0 amide bonds. The maximum absolute atomic E-state index is 12.1. The number of hydrogen-bond donors (Lipinski definition) is 0. The highest BCUT2D eigenvalue weighted by molar-refractivity contribution is 7.99. The van der Waals surface area contributed by atoms with Crippen LogP contribution in [0.4, 0.5) is 0 Å². The van der Waals surface area contributed by atoms with E-state index < -0.39 is 0 Å². The minimum Gasteiger partial charge on any atom is -0.463 e. The number of hydrogen-bond acceptors (Lipinski definition) is 7. The van der Waals surface area contributed by atoms with Gasteiger partial charge in [-0.05, 0) is 41.8 Å². The van der Waals surface area contributed by atoms with Gasteiger partial charge in [0.2, 0.25) is 0 Å². The molecule has 2 aromatic carbocycles. The molecule has 0 aliphatic carbocycles. The van der Waals surface area contributed by atoms with Gasteiger partial charge in [0, 0.05) is 66.7 Å². The monoisotopic (exact) mass is 501 g/mol. The summed E-state index contributed by atoms with van der Waals surface area (Å²) in [6, 6.07) is 15.4. The van der Waals surface area contributed by atoms with Crippen molar-refractivity contribution in [1.82, 2.24) is 14.7 Å². The number of esters is 1. The Bertz CT molecular complexity index is 993. The molecule has 0 saturated carbocycles. The van der Waals surface area contributed by atoms with Gasteiger partial charge in [-0.3, -0.25) is 19.5 Å². The van der Waals surface area contributed by atoms with Crippen molar-refractivity contribution in [3.63, 3.8) is 0 Å². The van der Waals surface area contributed by atoms with Gasteiger partial charge in [0.1, 0.15) is 6.61 Å². The summed E-state index contributed by atoms with van der Waals surface area (Å²) in [6.45, 7) is 8.57. The van der Waals surface area contributed by atoms with E-state index in [0.29, 0.717) is 32.4 Å². The molecule has 1 atom stereocenters. The number of nitrogens with zero attached hydrogens (tertiary/aromatic N) is 3. The number of carbonyl (C=O) groups excluding carboxylic acids is 1. The third-order valence-electron chi connectivity index (χ3n) is 6.91. The topological polar surface area (TPSA) is 45.3 Å². The predicted molar refractivity (Wildman–Crippen MR) is 135 cm³/mol. The first-order valence-corrected chi connectivity index (χ1v) is 13.3. The van der Waals surface area contributed by atoms with E-state index in [0.717, 1.165) is 57.3 Å². The Morgan fingerprint density at radius 1 is 1.00 bits per heavy atom. The third-order valence-corrected chi connectivity index (χ3v) is 8.35. The van der Waals surface area contributed by atoms with E-state index in [1.807, 2.05) is 17.8 Å². The van der Waals surface area contributed by atoms with Crippen LogP contribution in [0, 0.1) is 0 Å². The Morgan fingerprint density at radius 2 is 1.79 bits per heavy atom. The van der Waals surface area contributed by atoms with E-state index in [4.69, 9.17) is 21.1 Å². The molecule has 3 aliphatic heterocycles. The van der Waals surface area contributed by atoms with Crippen LogP contribution in [0.1, 0.15) is 17.2 Å². The summed E-state index contributed by atoms with van der Waals surface area (Å²) in [4.78, 5) is 21.9. The Hall–Kier alpha value is -1.61. The molecule has 0 radical (unpaired) electrons. The number of rotatable bonds is 6. The summed E-state index contributed by atoms with van der Waals surface area (Å²) in [5.41, 5.74) is 2.73. The second-order valence-electron chi connectivity index (χ2n) is 9.10. The fourth-order valence-electron chi connectivity index (χ4n) is 4.99. The van der Waals surface area contributed by atoms with Gasteiger partial charge in [0.15, 0.2) is 0 Å². The minimum absolute atomic E-state index is 0.134. The summed E-state index contributed by atoms with van der Waals surface area (Å²) in [6.07, 6.45) is 0.971. The van der Waals surface area contributed by atoms with Crippen molar-refractivity contribution in [2.75, 3.05) is 72.2 Å². The number of halogens is 1. The summed E-state index contributed by atoms with van der Waals surface area (Å²) in [5.74, 6) is -0.134. The number of morpholine rings is 1. The molecule has 6 nitrogen and oxygen atoms in total. The van der Waals surface area contributed by atoms with Crippen LogP contribution in [-0.4, -0.2) is 92.8 Å². The van der Waals surface area contributed by atoms with Gasteiger partial charge < -0.3 is 9.47 Å². The minimum atomic E-state index is -0.134. The second kappa shape index (κ2) is 11.4. The van der Waals surface area contributed by atoms with Crippen molar-refractivity contribution in [2.45, 2.75) is 22.3 Å². The summed E-state index contributed by atoms with van der Waals surface area (Å²) < 4.78 is 10.8. The highest BCUT2D eigenvalue weighted by Gasteiger charge is 2.30.